The van der Waals surface area contributed by atoms with Crippen molar-refractivity contribution < 1.29 is 9.90 Å². The number of likely N-dealkylation sites (N-methyl/N-ethyl adjacent to an activating group) is 1. The average Bonchev–Trinajstić information content (AvgIpc) is 2.63. The minimum atomic E-state index is -1.01. The molecule has 0 heterocycles. The lowest BCUT2D eigenvalue weighted by Gasteiger charge is -2.27. The van der Waals surface area contributed by atoms with Crippen molar-refractivity contribution >= 4 is 41.6 Å². The second kappa shape index (κ2) is 9.83. The number of aliphatic carboxylic acids is 1. The first-order valence-electron chi connectivity index (χ1n) is 8.41. The smallest absolute Gasteiger partial charge is 0.320 e. The zero-order chi connectivity index (χ0) is 19.1. The van der Waals surface area contributed by atoms with Crippen molar-refractivity contribution in [2.24, 2.45) is 5.73 Å². The summed E-state index contributed by atoms with van der Waals surface area (Å²) >= 11 is 11.1. The van der Waals surface area contributed by atoms with Crippen molar-refractivity contribution in [3.63, 3.8) is 0 Å². The second-order valence-corrected chi connectivity index (χ2v) is 6.90. The van der Waals surface area contributed by atoms with Gasteiger partial charge in [-0.25, -0.2) is 0 Å². The molecule has 0 saturated carbocycles. The number of nitrogens with two attached hydrogens (primary N) is 1. The minimum absolute atomic E-state index is 0.323. The Bertz CT molecular complexity index is 743. The van der Waals surface area contributed by atoms with Crippen molar-refractivity contribution in [1.29, 1.82) is 0 Å². The molecule has 2 aromatic carbocycles. The van der Waals surface area contributed by atoms with E-state index in [9.17, 15) is 4.79 Å². The lowest BCUT2D eigenvalue weighted by atomic mass is 10.0. The standard InChI is InChI=1S/C19H24ClN3O2S/c1-22-9-10-23(14-5-3-2-4-6-14)17-12-15(20)13(11-18(17)26)7-8-16(21)19(24)25/h2-6,11-12,16,22,26H,7-10,21H2,1H3,(H,24,25). The molecule has 1 unspecified atom stereocenters. The number of carboxylic acids is 1. The number of hydrogen-bond donors (Lipinski definition) is 4. The van der Waals surface area contributed by atoms with Gasteiger partial charge in [-0.2, -0.15) is 0 Å². The molecular formula is C19H24ClN3O2S. The van der Waals surface area contributed by atoms with Gasteiger partial charge in [0.2, 0.25) is 0 Å². The predicted octanol–water partition coefficient (Wildman–Crippen LogP) is 3.33. The highest BCUT2D eigenvalue weighted by Crippen LogP contribution is 2.35. The van der Waals surface area contributed by atoms with Gasteiger partial charge < -0.3 is 21.1 Å². The van der Waals surface area contributed by atoms with Crippen LogP contribution in [0.25, 0.3) is 0 Å². The Labute approximate surface area is 164 Å². The third-order valence-corrected chi connectivity index (χ3v) is 4.84. The molecule has 26 heavy (non-hydrogen) atoms. The summed E-state index contributed by atoms with van der Waals surface area (Å²) in [7, 11) is 1.91. The number of aryl methyl sites for hydroxylation is 1. The number of anilines is 2. The van der Waals surface area contributed by atoms with E-state index in [1.807, 2.05) is 49.5 Å². The van der Waals surface area contributed by atoms with Gasteiger partial charge in [-0.15, -0.1) is 12.6 Å². The van der Waals surface area contributed by atoms with Crippen molar-refractivity contribution in [2.45, 2.75) is 23.8 Å². The summed E-state index contributed by atoms with van der Waals surface area (Å²) in [4.78, 5) is 13.8. The largest absolute Gasteiger partial charge is 0.480 e. The molecule has 1 atom stereocenters. The van der Waals surface area contributed by atoms with E-state index < -0.39 is 12.0 Å². The van der Waals surface area contributed by atoms with Crippen LogP contribution in [0.5, 0.6) is 0 Å². The van der Waals surface area contributed by atoms with Crippen LogP contribution in [-0.2, 0) is 11.2 Å². The summed E-state index contributed by atoms with van der Waals surface area (Å²) in [5.41, 5.74) is 8.39. The number of carboxylic acid groups (broad SMARTS) is 1. The maximum Gasteiger partial charge on any atom is 0.320 e. The number of hydrogen-bond acceptors (Lipinski definition) is 5. The predicted molar refractivity (Wildman–Crippen MR) is 110 cm³/mol. The Morgan fingerprint density at radius 2 is 2.04 bits per heavy atom. The monoisotopic (exact) mass is 393 g/mol. The number of benzene rings is 2. The quantitative estimate of drug-likeness (QED) is 0.491. The van der Waals surface area contributed by atoms with Crippen LogP contribution in [-0.4, -0.2) is 37.3 Å². The van der Waals surface area contributed by atoms with Gasteiger partial charge in [0.25, 0.3) is 0 Å². The molecule has 0 saturated heterocycles. The third-order valence-electron chi connectivity index (χ3n) is 4.13. The average molecular weight is 394 g/mol. The zero-order valence-corrected chi connectivity index (χ0v) is 16.3. The normalized spacial score (nSPS) is 12.0. The van der Waals surface area contributed by atoms with Crippen LogP contribution in [0.2, 0.25) is 5.02 Å². The highest BCUT2D eigenvalue weighted by molar-refractivity contribution is 7.80. The minimum Gasteiger partial charge on any atom is -0.480 e. The fourth-order valence-corrected chi connectivity index (χ4v) is 3.25. The van der Waals surface area contributed by atoms with E-state index in [0.717, 1.165) is 34.9 Å². The molecule has 2 aromatic rings. The van der Waals surface area contributed by atoms with Crippen molar-refractivity contribution in [2.75, 3.05) is 25.0 Å². The van der Waals surface area contributed by atoms with Crippen LogP contribution in [0.4, 0.5) is 11.4 Å². The number of para-hydroxylation sites is 1. The summed E-state index contributed by atoms with van der Waals surface area (Å²) < 4.78 is 0. The van der Waals surface area contributed by atoms with Crippen molar-refractivity contribution in [3.8, 4) is 0 Å². The molecule has 0 fully saturated rings. The molecule has 0 amide bonds. The number of rotatable bonds is 9. The van der Waals surface area contributed by atoms with Gasteiger partial charge in [0, 0.05) is 28.7 Å². The Morgan fingerprint density at radius 3 is 2.65 bits per heavy atom. The van der Waals surface area contributed by atoms with Crippen LogP contribution >= 0.6 is 24.2 Å². The molecule has 5 nitrogen and oxygen atoms in total. The van der Waals surface area contributed by atoms with E-state index in [1.165, 1.54) is 0 Å². The number of thiol groups is 1. The summed E-state index contributed by atoms with van der Waals surface area (Å²) in [6.07, 6.45) is 0.811. The molecule has 140 valence electrons. The number of carbonyl (C=O) groups is 1. The van der Waals surface area contributed by atoms with Gasteiger partial charge in [-0.3, -0.25) is 4.79 Å². The van der Waals surface area contributed by atoms with Crippen LogP contribution in [0.1, 0.15) is 12.0 Å². The SMILES string of the molecule is CNCCN(c1ccccc1)c1cc(Cl)c(CCC(N)C(=O)O)cc1S. The van der Waals surface area contributed by atoms with E-state index in [4.69, 9.17) is 22.4 Å². The first kappa shape index (κ1) is 20.6. The molecule has 0 radical (unpaired) electrons. The van der Waals surface area contributed by atoms with Crippen LogP contribution in [0.3, 0.4) is 0 Å². The fraction of sp³-hybridized carbons (Fsp3) is 0.316. The summed E-state index contributed by atoms with van der Waals surface area (Å²) in [6.45, 7) is 1.56. The molecule has 7 heteroatoms. The fourth-order valence-electron chi connectivity index (χ4n) is 2.66. The second-order valence-electron chi connectivity index (χ2n) is 6.01. The summed E-state index contributed by atoms with van der Waals surface area (Å²) in [6, 6.07) is 12.9. The van der Waals surface area contributed by atoms with Gasteiger partial charge >= 0.3 is 5.97 Å². The molecule has 0 aliphatic rings. The van der Waals surface area contributed by atoms with E-state index >= 15 is 0 Å². The third kappa shape index (κ3) is 5.38. The number of halogens is 1. The molecule has 0 aliphatic carbocycles. The van der Waals surface area contributed by atoms with Crippen LogP contribution in [0.15, 0.2) is 47.4 Å². The summed E-state index contributed by atoms with van der Waals surface area (Å²) in [5, 5.41) is 12.7. The van der Waals surface area contributed by atoms with Gasteiger partial charge in [0.1, 0.15) is 6.04 Å². The van der Waals surface area contributed by atoms with E-state index in [-0.39, 0.29) is 0 Å². The highest BCUT2D eigenvalue weighted by Gasteiger charge is 2.17. The maximum atomic E-state index is 10.9. The molecule has 0 spiro atoms. The summed E-state index contributed by atoms with van der Waals surface area (Å²) in [5.74, 6) is -1.01. The lowest BCUT2D eigenvalue weighted by Crippen LogP contribution is -2.30. The first-order valence-corrected chi connectivity index (χ1v) is 9.23. The van der Waals surface area contributed by atoms with E-state index in [0.29, 0.717) is 17.9 Å². The lowest BCUT2D eigenvalue weighted by molar-refractivity contribution is -0.138. The molecule has 0 bridgehead atoms. The zero-order valence-electron chi connectivity index (χ0n) is 14.7. The molecule has 4 N–H and O–H groups in total. The molecule has 0 aliphatic heterocycles. The topological polar surface area (TPSA) is 78.6 Å². The Balaban J connectivity index is 2.29. The van der Waals surface area contributed by atoms with Gasteiger partial charge in [0.05, 0.1) is 5.69 Å². The maximum absolute atomic E-state index is 10.9. The number of nitrogens with zero attached hydrogens (tertiary/aromatic N) is 1. The number of nitrogens with one attached hydrogen (secondary N) is 1. The Kier molecular flexibility index (Phi) is 7.78. The van der Waals surface area contributed by atoms with E-state index in [1.54, 1.807) is 0 Å². The van der Waals surface area contributed by atoms with Crippen LogP contribution < -0.4 is 16.0 Å². The Morgan fingerprint density at radius 1 is 1.35 bits per heavy atom. The highest BCUT2D eigenvalue weighted by atomic mass is 35.5. The molecular weight excluding hydrogens is 370 g/mol. The molecule has 0 aromatic heterocycles. The molecule has 2 rings (SSSR count). The van der Waals surface area contributed by atoms with Gasteiger partial charge in [-0.05, 0) is 49.7 Å². The van der Waals surface area contributed by atoms with Gasteiger partial charge in [-0.1, -0.05) is 29.8 Å². The van der Waals surface area contributed by atoms with Crippen molar-refractivity contribution in [1.82, 2.24) is 5.32 Å². The van der Waals surface area contributed by atoms with Crippen molar-refractivity contribution in [3.05, 3.63) is 53.1 Å². The van der Waals surface area contributed by atoms with Gasteiger partial charge in [0.15, 0.2) is 0 Å². The van der Waals surface area contributed by atoms with E-state index in [2.05, 4.69) is 22.8 Å². The first-order chi connectivity index (χ1) is 12.4. The Hall–Kier alpha value is -1.73. The van der Waals surface area contributed by atoms with Crippen LogP contribution in [0, 0.1) is 0 Å².